The molecule has 0 bridgehead atoms. The van der Waals surface area contributed by atoms with Crippen LogP contribution in [0.25, 0.3) is 5.69 Å². The topological polar surface area (TPSA) is 94.7 Å². The molecule has 13 heteroatoms. The number of tetrazole rings is 1. The first-order chi connectivity index (χ1) is 17.4. The number of anilines is 1. The van der Waals surface area contributed by atoms with Crippen molar-refractivity contribution in [1.82, 2.24) is 35.2 Å². The van der Waals surface area contributed by atoms with Gasteiger partial charge in [0.2, 0.25) is 5.95 Å². The van der Waals surface area contributed by atoms with Crippen LogP contribution in [0.15, 0.2) is 42.3 Å². The molecule has 0 spiro atoms. The van der Waals surface area contributed by atoms with E-state index in [9.17, 15) is 13.2 Å². The van der Waals surface area contributed by atoms with Gasteiger partial charge in [-0.1, -0.05) is 6.92 Å². The second-order valence-corrected chi connectivity index (χ2v) is 9.29. The lowest BCUT2D eigenvalue weighted by Crippen LogP contribution is -2.34. The van der Waals surface area contributed by atoms with Crippen LogP contribution in [0.3, 0.4) is 0 Å². The molecular formula is C23H23F3N8OS. The van der Waals surface area contributed by atoms with Gasteiger partial charge in [-0.25, -0.2) is 19.6 Å². The number of piperidine rings is 1. The molecule has 1 fully saturated rings. The number of halogens is 3. The van der Waals surface area contributed by atoms with Crippen molar-refractivity contribution in [1.29, 1.82) is 0 Å². The highest BCUT2D eigenvalue weighted by Crippen LogP contribution is 2.38. The first-order valence-corrected chi connectivity index (χ1v) is 12.4. The van der Waals surface area contributed by atoms with Gasteiger partial charge in [0.05, 0.1) is 22.0 Å². The number of ether oxygens (including phenoxy) is 1. The fraction of sp³-hybridized carbons (Fsp3) is 0.391. The Morgan fingerprint density at radius 2 is 1.92 bits per heavy atom. The smallest absolute Gasteiger partial charge is 0.420 e. The molecule has 4 heterocycles. The maximum absolute atomic E-state index is 13.7. The first-order valence-electron chi connectivity index (χ1n) is 11.5. The number of rotatable bonds is 7. The number of aromatic nitrogens is 7. The molecular weight excluding hydrogens is 493 g/mol. The highest BCUT2D eigenvalue weighted by Gasteiger charge is 2.35. The minimum atomic E-state index is -4.60. The summed E-state index contributed by atoms with van der Waals surface area (Å²) in [7, 11) is 0. The van der Waals surface area contributed by atoms with Crippen LogP contribution in [-0.4, -0.2) is 48.2 Å². The second kappa shape index (κ2) is 10.2. The van der Waals surface area contributed by atoms with Crippen LogP contribution >= 0.6 is 11.3 Å². The molecule has 9 nitrogen and oxygen atoms in total. The Morgan fingerprint density at radius 1 is 1.14 bits per heavy atom. The number of hydrogen-bond donors (Lipinski definition) is 0. The highest BCUT2D eigenvalue weighted by atomic mass is 32.1. The van der Waals surface area contributed by atoms with Gasteiger partial charge >= 0.3 is 6.18 Å². The normalized spacial score (nSPS) is 14.8. The van der Waals surface area contributed by atoms with E-state index in [0.717, 1.165) is 59.6 Å². The minimum Gasteiger partial charge on any atom is -0.487 e. The lowest BCUT2D eigenvalue weighted by atomic mass is 9.98. The molecule has 3 aromatic heterocycles. The van der Waals surface area contributed by atoms with Gasteiger partial charge in [-0.3, -0.25) is 0 Å². The summed E-state index contributed by atoms with van der Waals surface area (Å²) in [6, 6.07) is 3.71. The average molecular weight is 517 g/mol. The third kappa shape index (κ3) is 5.30. The molecule has 0 radical (unpaired) electrons. The summed E-state index contributed by atoms with van der Waals surface area (Å²) in [5, 5.41) is 13.4. The Bertz CT molecular complexity index is 1290. The fourth-order valence-electron chi connectivity index (χ4n) is 4.04. The van der Waals surface area contributed by atoms with Crippen LogP contribution < -0.4 is 9.64 Å². The third-order valence-corrected chi connectivity index (χ3v) is 7.11. The van der Waals surface area contributed by atoms with Crippen molar-refractivity contribution in [2.75, 3.05) is 18.0 Å². The summed E-state index contributed by atoms with van der Waals surface area (Å²) in [5.74, 6) is 0.762. The molecule has 1 saturated heterocycles. The van der Waals surface area contributed by atoms with Crippen molar-refractivity contribution >= 4 is 17.3 Å². The number of nitrogens with zero attached hydrogens (tertiary/aromatic N) is 8. The van der Waals surface area contributed by atoms with Crippen molar-refractivity contribution in [2.45, 2.75) is 44.9 Å². The van der Waals surface area contributed by atoms with E-state index in [1.165, 1.54) is 29.8 Å². The summed E-state index contributed by atoms with van der Waals surface area (Å²) in [5.41, 5.74) is 1.01. The molecule has 1 aliphatic rings. The van der Waals surface area contributed by atoms with E-state index in [2.05, 4.69) is 42.3 Å². The van der Waals surface area contributed by atoms with Crippen molar-refractivity contribution in [3.63, 3.8) is 0 Å². The predicted octanol–water partition coefficient (Wildman–Crippen LogP) is 4.45. The lowest BCUT2D eigenvalue weighted by molar-refractivity contribution is -0.139. The Kier molecular flexibility index (Phi) is 6.81. The van der Waals surface area contributed by atoms with Crippen LogP contribution in [-0.2, 0) is 19.2 Å². The van der Waals surface area contributed by atoms with Gasteiger partial charge in [0.15, 0.2) is 0 Å². The number of alkyl halides is 3. The minimum absolute atomic E-state index is 0.0553. The largest absolute Gasteiger partial charge is 0.487 e. The molecule has 5 rings (SSSR count). The quantitative estimate of drug-likeness (QED) is 0.356. The van der Waals surface area contributed by atoms with E-state index in [0.29, 0.717) is 5.69 Å². The van der Waals surface area contributed by atoms with E-state index < -0.39 is 11.7 Å². The van der Waals surface area contributed by atoms with Gasteiger partial charge in [0.1, 0.15) is 18.7 Å². The van der Waals surface area contributed by atoms with E-state index in [-0.39, 0.29) is 24.0 Å². The van der Waals surface area contributed by atoms with E-state index in [1.54, 1.807) is 0 Å². The molecule has 1 aromatic carbocycles. The summed E-state index contributed by atoms with van der Waals surface area (Å²) < 4.78 is 47.7. The van der Waals surface area contributed by atoms with Gasteiger partial charge in [-0.2, -0.15) is 13.2 Å². The van der Waals surface area contributed by atoms with Crippen LogP contribution in [0, 0.1) is 0 Å². The summed E-state index contributed by atoms with van der Waals surface area (Å²) in [6.45, 7) is 3.66. The molecule has 0 saturated carbocycles. The van der Waals surface area contributed by atoms with E-state index in [4.69, 9.17) is 4.74 Å². The van der Waals surface area contributed by atoms with Crippen LogP contribution in [0.4, 0.5) is 19.1 Å². The van der Waals surface area contributed by atoms with Crippen molar-refractivity contribution < 1.29 is 17.9 Å². The highest BCUT2D eigenvalue weighted by molar-refractivity contribution is 7.09. The summed E-state index contributed by atoms with van der Waals surface area (Å²) >= 11 is 1.52. The molecule has 0 unspecified atom stereocenters. The molecule has 188 valence electrons. The van der Waals surface area contributed by atoms with E-state index >= 15 is 0 Å². The van der Waals surface area contributed by atoms with Crippen LogP contribution in [0.5, 0.6) is 5.75 Å². The third-order valence-electron chi connectivity index (χ3n) is 6.05. The lowest BCUT2D eigenvalue weighted by Gasteiger charge is -2.31. The van der Waals surface area contributed by atoms with Gasteiger partial charge in [-0.05, 0) is 53.5 Å². The second-order valence-electron chi connectivity index (χ2n) is 8.40. The molecule has 36 heavy (non-hydrogen) atoms. The molecule has 0 N–H and O–H groups in total. The maximum Gasteiger partial charge on any atom is 0.420 e. The zero-order chi connectivity index (χ0) is 25.1. The zero-order valence-electron chi connectivity index (χ0n) is 19.4. The van der Waals surface area contributed by atoms with Crippen molar-refractivity contribution in [3.05, 3.63) is 64.1 Å². The fourth-order valence-corrected chi connectivity index (χ4v) is 5.01. The molecule has 4 aromatic rings. The van der Waals surface area contributed by atoms with Gasteiger partial charge in [0.25, 0.3) is 0 Å². The predicted molar refractivity (Wildman–Crippen MR) is 126 cm³/mol. The number of hydrogen-bond acceptors (Lipinski definition) is 9. The molecule has 1 aliphatic heterocycles. The zero-order valence-corrected chi connectivity index (χ0v) is 20.2. The van der Waals surface area contributed by atoms with Gasteiger partial charge < -0.3 is 9.64 Å². The average Bonchev–Trinajstić information content (AvgIpc) is 3.60. The summed E-state index contributed by atoms with van der Waals surface area (Å²) in [6.07, 6.45) is 3.08. The monoisotopic (exact) mass is 516 g/mol. The Labute approximate surface area is 209 Å². The van der Waals surface area contributed by atoms with Crippen molar-refractivity contribution in [3.8, 4) is 11.4 Å². The maximum atomic E-state index is 13.7. The molecule has 0 amide bonds. The van der Waals surface area contributed by atoms with E-state index in [1.807, 2.05) is 17.8 Å². The summed E-state index contributed by atoms with van der Waals surface area (Å²) in [4.78, 5) is 15.8. The first kappa shape index (κ1) is 24.1. The Balaban J connectivity index is 1.21. The SMILES string of the molecule is CCc1cnc(N2CCC(c3nc(COc4ccc(-n5cnnn5)cc4C(F)(F)F)cs3)CC2)nc1. The molecule has 0 aliphatic carbocycles. The van der Waals surface area contributed by atoms with Gasteiger partial charge in [0, 0.05) is 36.8 Å². The van der Waals surface area contributed by atoms with Crippen molar-refractivity contribution in [2.24, 2.45) is 0 Å². The number of thiazole rings is 1. The van der Waals surface area contributed by atoms with Crippen LogP contribution in [0.1, 0.15) is 47.5 Å². The molecule has 0 atom stereocenters. The number of benzene rings is 1. The standard InChI is InChI=1S/C23H23F3N8OS/c1-2-15-10-27-22(28-11-15)33-7-5-16(6-8-33)21-30-17(13-36-21)12-35-20-4-3-18(34-14-29-31-32-34)9-19(20)23(24,25)26/h3-4,9-11,13-14,16H,2,5-8,12H2,1H3. The Morgan fingerprint density at radius 3 is 2.58 bits per heavy atom. The van der Waals surface area contributed by atoms with Gasteiger partial charge in [-0.15, -0.1) is 16.4 Å². The Hall–Kier alpha value is -3.61. The van der Waals surface area contributed by atoms with Crippen LogP contribution in [0.2, 0.25) is 0 Å². The number of aryl methyl sites for hydroxylation is 1.